The summed E-state index contributed by atoms with van der Waals surface area (Å²) in [5.41, 5.74) is 0.922. The minimum Gasteiger partial charge on any atom is -0.459 e. The Balaban J connectivity index is 1.42. The van der Waals surface area contributed by atoms with Crippen molar-refractivity contribution in [2.24, 2.45) is 5.92 Å². The first-order valence-electron chi connectivity index (χ1n) is 9.69. The molecular weight excluding hydrogens is 370 g/mol. The van der Waals surface area contributed by atoms with Gasteiger partial charge in [0.2, 0.25) is 5.91 Å². The molecule has 0 radical (unpaired) electrons. The van der Waals surface area contributed by atoms with Crippen LogP contribution in [0.25, 0.3) is 0 Å². The van der Waals surface area contributed by atoms with Gasteiger partial charge in [-0.15, -0.1) is 0 Å². The Hall–Kier alpha value is -3.42. The second-order valence-electron chi connectivity index (χ2n) is 7.18. The van der Waals surface area contributed by atoms with Gasteiger partial charge in [-0.3, -0.25) is 14.7 Å². The number of amides is 2. The van der Waals surface area contributed by atoms with Crippen molar-refractivity contribution in [2.45, 2.75) is 25.8 Å². The summed E-state index contributed by atoms with van der Waals surface area (Å²) >= 11 is 0. The van der Waals surface area contributed by atoms with E-state index in [0.717, 1.165) is 5.56 Å². The molecule has 8 heteroatoms. The number of benzene rings is 1. The number of aryl methyl sites for hydroxylation is 1. The van der Waals surface area contributed by atoms with E-state index in [2.05, 4.69) is 20.5 Å². The van der Waals surface area contributed by atoms with E-state index < -0.39 is 6.04 Å². The molecule has 0 saturated carbocycles. The van der Waals surface area contributed by atoms with Gasteiger partial charge < -0.3 is 14.6 Å². The third-order valence-electron chi connectivity index (χ3n) is 5.18. The molecule has 1 aromatic carbocycles. The highest BCUT2D eigenvalue weighted by atomic mass is 16.3. The Morgan fingerprint density at radius 2 is 1.93 bits per heavy atom. The van der Waals surface area contributed by atoms with Crippen molar-refractivity contribution in [2.75, 3.05) is 13.1 Å². The number of rotatable bonds is 5. The van der Waals surface area contributed by atoms with Gasteiger partial charge in [0.15, 0.2) is 11.6 Å². The summed E-state index contributed by atoms with van der Waals surface area (Å²) in [6.07, 6.45) is 2.70. The highest BCUT2D eigenvalue weighted by Crippen LogP contribution is 2.23. The molecule has 1 unspecified atom stereocenters. The fraction of sp³-hybridized carbons (Fsp3) is 0.333. The van der Waals surface area contributed by atoms with Crippen LogP contribution in [-0.2, 0) is 4.79 Å². The summed E-state index contributed by atoms with van der Waals surface area (Å²) in [4.78, 5) is 31.5. The molecule has 1 fully saturated rings. The van der Waals surface area contributed by atoms with Crippen molar-refractivity contribution in [1.82, 2.24) is 25.4 Å². The molecule has 2 N–H and O–H groups in total. The lowest BCUT2D eigenvalue weighted by Gasteiger charge is -2.31. The zero-order valence-corrected chi connectivity index (χ0v) is 16.2. The van der Waals surface area contributed by atoms with Gasteiger partial charge in [-0.05, 0) is 37.5 Å². The Morgan fingerprint density at radius 3 is 2.55 bits per heavy atom. The summed E-state index contributed by atoms with van der Waals surface area (Å²) < 4.78 is 5.19. The van der Waals surface area contributed by atoms with Gasteiger partial charge in [-0.25, -0.2) is 4.98 Å². The van der Waals surface area contributed by atoms with Crippen molar-refractivity contribution in [1.29, 1.82) is 0 Å². The molecule has 0 aliphatic carbocycles. The maximum atomic E-state index is 13.0. The van der Waals surface area contributed by atoms with E-state index >= 15 is 0 Å². The van der Waals surface area contributed by atoms with Crippen LogP contribution in [0.2, 0.25) is 0 Å². The highest BCUT2D eigenvalue weighted by Gasteiger charge is 2.31. The fourth-order valence-corrected chi connectivity index (χ4v) is 3.59. The number of nitrogens with zero attached hydrogens (tertiary/aromatic N) is 3. The van der Waals surface area contributed by atoms with Gasteiger partial charge in [0.25, 0.3) is 5.91 Å². The molecule has 1 aliphatic rings. The summed E-state index contributed by atoms with van der Waals surface area (Å²) in [6.45, 7) is 2.87. The molecule has 1 aliphatic heterocycles. The van der Waals surface area contributed by atoms with E-state index in [4.69, 9.17) is 4.42 Å². The first-order chi connectivity index (χ1) is 14.1. The smallest absolute Gasteiger partial charge is 0.289 e. The summed E-state index contributed by atoms with van der Waals surface area (Å²) in [7, 11) is 0. The molecule has 3 aromatic rings. The standard InChI is InChI=1S/C21H23N5O3/c1-14-22-19(25-24-14)18(15-6-3-2-4-7-15)23-20(27)16-9-11-26(12-10-16)21(28)17-8-5-13-29-17/h2-8,13,16,18H,9-12H2,1H3,(H,23,27)(H,22,24,25). The van der Waals surface area contributed by atoms with E-state index in [1.807, 2.05) is 37.3 Å². The zero-order chi connectivity index (χ0) is 20.2. The third kappa shape index (κ3) is 4.21. The predicted molar refractivity (Wildman–Crippen MR) is 105 cm³/mol. The monoisotopic (exact) mass is 393 g/mol. The quantitative estimate of drug-likeness (QED) is 0.693. The number of carbonyl (C=O) groups is 2. The maximum Gasteiger partial charge on any atom is 0.289 e. The van der Waals surface area contributed by atoms with E-state index in [9.17, 15) is 9.59 Å². The average molecular weight is 393 g/mol. The summed E-state index contributed by atoms with van der Waals surface area (Å²) in [5.74, 6) is 1.21. The Kier molecular flexibility index (Phi) is 5.41. The van der Waals surface area contributed by atoms with Crippen molar-refractivity contribution in [3.8, 4) is 0 Å². The van der Waals surface area contributed by atoms with Gasteiger partial charge in [-0.2, -0.15) is 5.10 Å². The predicted octanol–water partition coefficient (Wildman–Crippen LogP) is 2.46. The lowest BCUT2D eigenvalue weighted by Crippen LogP contribution is -2.44. The molecule has 8 nitrogen and oxygen atoms in total. The molecular formula is C21H23N5O3. The van der Waals surface area contributed by atoms with E-state index in [1.54, 1.807) is 17.0 Å². The molecule has 29 heavy (non-hydrogen) atoms. The zero-order valence-electron chi connectivity index (χ0n) is 16.2. The summed E-state index contributed by atoms with van der Waals surface area (Å²) in [6, 6.07) is 12.6. The van der Waals surface area contributed by atoms with Crippen LogP contribution in [0.4, 0.5) is 0 Å². The molecule has 3 heterocycles. The topological polar surface area (TPSA) is 104 Å². The Bertz CT molecular complexity index is 959. The van der Waals surface area contributed by atoms with Crippen LogP contribution >= 0.6 is 0 Å². The SMILES string of the molecule is Cc1nc(C(NC(=O)C2CCN(C(=O)c3ccco3)CC2)c2ccccc2)n[nH]1. The first-order valence-corrected chi connectivity index (χ1v) is 9.69. The molecule has 2 amide bonds. The second-order valence-corrected chi connectivity index (χ2v) is 7.18. The molecule has 4 rings (SSSR count). The van der Waals surface area contributed by atoms with Crippen LogP contribution in [0.1, 0.15) is 46.7 Å². The number of H-pyrrole nitrogens is 1. The lowest BCUT2D eigenvalue weighted by molar-refractivity contribution is -0.126. The van der Waals surface area contributed by atoms with Crippen LogP contribution in [0.3, 0.4) is 0 Å². The second kappa shape index (κ2) is 8.30. The number of hydrogen-bond donors (Lipinski definition) is 2. The number of carbonyl (C=O) groups excluding carboxylic acids is 2. The van der Waals surface area contributed by atoms with E-state index in [1.165, 1.54) is 6.26 Å². The van der Waals surface area contributed by atoms with Gasteiger partial charge in [0, 0.05) is 19.0 Å². The van der Waals surface area contributed by atoms with Gasteiger partial charge >= 0.3 is 0 Å². The maximum absolute atomic E-state index is 13.0. The molecule has 1 saturated heterocycles. The third-order valence-corrected chi connectivity index (χ3v) is 5.18. The van der Waals surface area contributed by atoms with E-state index in [0.29, 0.717) is 43.3 Å². The normalized spacial score (nSPS) is 15.8. The van der Waals surface area contributed by atoms with E-state index in [-0.39, 0.29) is 17.7 Å². The summed E-state index contributed by atoms with van der Waals surface area (Å²) in [5, 5.41) is 10.2. The number of furan rings is 1. The van der Waals surface area contributed by atoms with Crippen molar-refractivity contribution >= 4 is 11.8 Å². The largest absolute Gasteiger partial charge is 0.459 e. The molecule has 1 atom stereocenters. The lowest BCUT2D eigenvalue weighted by atomic mass is 9.94. The highest BCUT2D eigenvalue weighted by molar-refractivity contribution is 5.91. The number of likely N-dealkylation sites (tertiary alicyclic amines) is 1. The van der Waals surface area contributed by atoms with Crippen LogP contribution in [-0.4, -0.2) is 45.0 Å². The van der Waals surface area contributed by atoms with Crippen LogP contribution < -0.4 is 5.32 Å². The van der Waals surface area contributed by atoms with Crippen molar-refractivity contribution < 1.29 is 14.0 Å². The van der Waals surface area contributed by atoms with Gasteiger partial charge in [0.1, 0.15) is 11.9 Å². The fourth-order valence-electron chi connectivity index (χ4n) is 3.59. The van der Waals surface area contributed by atoms with Crippen molar-refractivity contribution in [3.63, 3.8) is 0 Å². The first kappa shape index (κ1) is 18.9. The van der Waals surface area contributed by atoms with Crippen LogP contribution in [0.5, 0.6) is 0 Å². The number of nitrogens with one attached hydrogen (secondary N) is 2. The molecule has 150 valence electrons. The molecule has 0 spiro atoms. The van der Waals surface area contributed by atoms with Crippen LogP contribution in [0, 0.1) is 12.8 Å². The van der Waals surface area contributed by atoms with Gasteiger partial charge in [0.05, 0.1) is 6.26 Å². The van der Waals surface area contributed by atoms with Crippen molar-refractivity contribution in [3.05, 3.63) is 71.7 Å². The number of aromatic nitrogens is 3. The number of piperidine rings is 1. The number of aromatic amines is 1. The Morgan fingerprint density at radius 1 is 1.17 bits per heavy atom. The average Bonchev–Trinajstić information content (AvgIpc) is 3.44. The molecule has 0 bridgehead atoms. The molecule has 2 aromatic heterocycles. The minimum absolute atomic E-state index is 0.0496. The van der Waals surface area contributed by atoms with Gasteiger partial charge in [-0.1, -0.05) is 30.3 Å². The number of hydrogen-bond acceptors (Lipinski definition) is 5. The van der Waals surface area contributed by atoms with Crippen LogP contribution in [0.15, 0.2) is 53.1 Å². The minimum atomic E-state index is -0.420. The Labute approximate surface area is 168 Å².